The Labute approximate surface area is 61.2 Å². The summed E-state index contributed by atoms with van der Waals surface area (Å²) in [6, 6.07) is 0. The fourth-order valence-corrected chi connectivity index (χ4v) is 1.93. The van der Waals surface area contributed by atoms with Crippen LogP contribution in [0, 0.1) is 5.92 Å². The van der Waals surface area contributed by atoms with Crippen molar-refractivity contribution in [3.05, 3.63) is 0 Å². The molecule has 0 N–H and O–H groups in total. The largest absolute Gasteiger partial charge is 0.300 e. The van der Waals surface area contributed by atoms with Gasteiger partial charge in [-0.2, -0.15) is 12.6 Å². The second-order valence-corrected chi connectivity index (χ2v) is 3.67. The van der Waals surface area contributed by atoms with Crippen molar-refractivity contribution in [2.45, 2.75) is 31.4 Å². The number of hydrogen-bond acceptors (Lipinski definition) is 2. The van der Waals surface area contributed by atoms with Gasteiger partial charge >= 0.3 is 0 Å². The molecule has 1 aliphatic rings. The van der Waals surface area contributed by atoms with Crippen LogP contribution in [0.15, 0.2) is 0 Å². The zero-order chi connectivity index (χ0) is 6.85. The molecule has 0 aromatic carbocycles. The van der Waals surface area contributed by atoms with Crippen molar-refractivity contribution in [1.29, 1.82) is 0 Å². The number of rotatable bonds is 0. The molecule has 1 saturated carbocycles. The Kier molecular flexibility index (Phi) is 2.17. The summed E-state index contributed by atoms with van der Waals surface area (Å²) in [6.07, 6.45) is 2.57. The first-order valence-electron chi connectivity index (χ1n) is 3.38. The molecule has 2 atom stereocenters. The van der Waals surface area contributed by atoms with Gasteiger partial charge in [0.2, 0.25) is 0 Å². The van der Waals surface area contributed by atoms with E-state index in [-0.39, 0.29) is 0 Å². The summed E-state index contributed by atoms with van der Waals surface area (Å²) < 4.78 is 0. The summed E-state index contributed by atoms with van der Waals surface area (Å²) in [5.74, 6) is 0.947. The van der Waals surface area contributed by atoms with Crippen molar-refractivity contribution in [3.63, 3.8) is 0 Å². The van der Waals surface area contributed by atoms with Crippen LogP contribution in [0.25, 0.3) is 0 Å². The molecule has 2 unspecified atom stereocenters. The number of Topliss-reactive ketones (excluding diaryl/α,β-unsaturated/α-hetero) is 1. The van der Waals surface area contributed by atoms with Crippen LogP contribution in [-0.4, -0.2) is 11.0 Å². The minimum atomic E-state index is 0.334. The number of carbonyl (C=O) groups excluding carboxylic acids is 1. The highest BCUT2D eigenvalue weighted by molar-refractivity contribution is 7.81. The van der Waals surface area contributed by atoms with Gasteiger partial charge in [-0.25, -0.2) is 0 Å². The van der Waals surface area contributed by atoms with Gasteiger partial charge in [0.25, 0.3) is 0 Å². The van der Waals surface area contributed by atoms with E-state index >= 15 is 0 Å². The molecule has 52 valence electrons. The quantitative estimate of drug-likeness (QED) is 0.512. The van der Waals surface area contributed by atoms with Crippen LogP contribution in [0.1, 0.15) is 26.2 Å². The number of hydrogen-bond donors (Lipinski definition) is 1. The molecule has 0 spiro atoms. The lowest BCUT2D eigenvalue weighted by molar-refractivity contribution is -0.121. The lowest BCUT2D eigenvalue weighted by Crippen LogP contribution is -2.20. The van der Waals surface area contributed by atoms with Crippen molar-refractivity contribution in [1.82, 2.24) is 0 Å². The highest BCUT2D eigenvalue weighted by atomic mass is 32.1. The molecule has 1 nitrogen and oxygen atoms in total. The van der Waals surface area contributed by atoms with Gasteiger partial charge in [0.1, 0.15) is 5.78 Å². The normalized spacial score (nSPS) is 36.9. The molecule has 0 aromatic rings. The average molecular weight is 144 g/mol. The maximum absolute atomic E-state index is 10.8. The third-order valence-electron chi connectivity index (χ3n) is 1.71. The van der Waals surface area contributed by atoms with Crippen LogP contribution in [0.4, 0.5) is 0 Å². The molecule has 0 aliphatic heterocycles. The Morgan fingerprint density at radius 3 is 2.67 bits per heavy atom. The monoisotopic (exact) mass is 144 g/mol. The molecule has 0 aromatic heterocycles. The molecular weight excluding hydrogens is 132 g/mol. The van der Waals surface area contributed by atoms with E-state index in [2.05, 4.69) is 19.6 Å². The second-order valence-electron chi connectivity index (χ2n) is 2.94. The summed E-state index contributed by atoms with van der Waals surface area (Å²) in [5, 5.41) is 0.334. The molecular formula is C7H12OS. The summed E-state index contributed by atoms with van der Waals surface area (Å²) in [6.45, 7) is 2.11. The molecule has 0 bridgehead atoms. The van der Waals surface area contributed by atoms with E-state index < -0.39 is 0 Å². The first-order valence-corrected chi connectivity index (χ1v) is 3.90. The molecule has 1 aliphatic carbocycles. The molecule has 0 radical (unpaired) electrons. The predicted molar refractivity (Wildman–Crippen MR) is 40.8 cm³/mol. The van der Waals surface area contributed by atoms with Crippen LogP contribution in [0.3, 0.4) is 0 Å². The highest BCUT2D eigenvalue weighted by Crippen LogP contribution is 2.24. The van der Waals surface area contributed by atoms with Crippen LogP contribution in [0.2, 0.25) is 0 Å². The maximum atomic E-state index is 10.8. The predicted octanol–water partition coefficient (Wildman–Crippen LogP) is 1.67. The smallest absolute Gasteiger partial charge is 0.134 e. The molecule has 0 saturated heterocycles. The van der Waals surface area contributed by atoms with Crippen LogP contribution >= 0.6 is 12.6 Å². The Bertz CT molecular complexity index is 110. The summed E-state index contributed by atoms with van der Waals surface area (Å²) in [5.41, 5.74) is 0. The van der Waals surface area contributed by atoms with Gasteiger partial charge in [-0.05, 0) is 12.3 Å². The standard InChI is InChI=1S/C7H12OS/c1-5-2-6(8)4-7(9)3-5/h5,7,9H,2-4H2,1H3. The van der Waals surface area contributed by atoms with Crippen LogP contribution < -0.4 is 0 Å². The average Bonchev–Trinajstić information content (AvgIpc) is 1.59. The third kappa shape index (κ3) is 2.01. The minimum absolute atomic E-state index is 0.334. The topological polar surface area (TPSA) is 17.1 Å². The fraction of sp³-hybridized carbons (Fsp3) is 0.857. The van der Waals surface area contributed by atoms with Crippen LogP contribution in [-0.2, 0) is 4.79 Å². The number of ketones is 1. The van der Waals surface area contributed by atoms with Gasteiger partial charge in [-0.15, -0.1) is 0 Å². The fourth-order valence-electron chi connectivity index (χ4n) is 1.37. The Hall–Kier alpha value is 0.0200. The van der Waals surface area contributed by atoms with Crippen LogP contribution in [0.5, 0.6) is 0 Å². The lowest BCUT2D eigenvalue weighted by atomic mass is 9.89. The summed E-state index contributed by atoms with van der Waals surface area (Å²) in [4.78, 5) is 10.8. The van der Waals surface area contributed by atoms with Crippen molar-refractivity contribution >= 4 is 18.4 Å². The third-order valence-corrected chi connectivity index (χ3v) is 2.11. The van der Waals surface area contributed by atoms with E-state index in [0.29, 0.717) is 23.4 Å². The Morgan fingerprint density at radius 1 is 1.56 bits per heavy atom. The highest BCUT2D eigenvalue weighted by Gasteiger charge is 2.21. The SMILES string of the molecule is CC1CC(=O)CC(S)C1. The molecule has 9 heavy (non-hydrogen) atoms. The number of thiol groups is 1. The minimum Gasteiger partial charge on any atom is -0.300 e. The maximum Gasteiger partial charge on any atom is 0.134 e. The molecule has 0 amide bonds. The lowest BCUT2D eigenvalue weighted by Gasteiger charge is -2.21. The van der Waals surface area contributed by atoms with Crippen molar-refractivity contribution in [3.8, 4) is 0 Å². The van der Waals surface area contributed by atoms with E-state index in [1.807, 2.05) is 0 Å². The van der Waals surface area contributed by atoms with Gasteiger partial charge in [-0.3, -0.25) is 4.79 Å². The van der Waals surface area contributed by atoms with Gasteiger partial charge in [-0.1, -0.05) is 6.92 Å². The summed E-state index contributed by atoms with van der Waals surface area (Å²) in [7, 11) is 0. The Morgan fingerprint density at radius 2 is 2.22 bits per heavy atom. The first-order chi connectivity index (χ1) is 4.18. The van der Waals surface area contributed by atoms with E-state index in [1.54, 1.807) is 0 Å². The van der Waals surface area contributed by atoms with E-state index in [4.69, 9.17) is 0 Å². The van der Waals surface area contributed by atoms with E-state index in [9.17, 15) is 4.79 Å². The van der Waals surface area contributed by atoms with E-state index in [1.165, 1.54) is 0 Å². The van der Waals surface area contributed by atoms with Gasteiger partial charge < -0.3 is 0 Å². The van der Waals surface area contributed by atoms with Gasteiger partial charge in [0, 0.05) is 18.1 Å². The Balaban J connectivity index is 2.43. The van der Waals surface area contributed by atoms with E-state index in [0.717, 1.165) is 12.8 Å². The second kappa shape index (κ2) is 2.74. The molecule has 1 fully saturated rings. The molecule has 2 heteroatoms. The zero-order valence-corrected chi connectivity index (χ0v) is 6.53. The van der Waals surface area contributed by atoms with Gasteiger partial charge in [0.15, 0.2) is 0 Å². The zero-order valence-electron chi connectivity index (χ0n) is 5.63. The van der Waals surface area contributed by atoms with Crippen molar-refractivity contribution in [2.75, 3.05) is 0 Å². The number of carbonyl (C=O) groups is 1. The molecule has 0 heterocycles. The van der Waals surface area contributed by atoms with Gasteiger partial charge in [0.05, 0.1) is 0 Å². The summed E-state index contributed by atoms with van der Waals surface area (Å²) >= 11 is 4.26. The molecule has 1 rings (SSSR count). The first kappa shape index (κ1) is 7.13. The van der Waals surface area contributed by atoms with Crippen molar-refractivity contribution in [2.24, 2.45) is 5.92 Å². The van der Waals surface area contributed by atoms with Crippen molar-refractivity contribution < 1.29 is 4.79 Å².